The minimum Gasteiger partial charge on any atom is -0.325 e. The van der Waals surface area contributed by atoms with Crippen LogP contribution in [0.25, 0.3) is 5.57 Å². The Morgan fingerprint density at radius 3 is 2.47 bits per heavy atom. The maximum atomic E-state index is 16.0. The molecule has 0 bridgehead atoms. The van der Waals surface area contributed by atoms with Crippen LogP contribution < -0.4 is 4.72 Å². The Morgan fingerprint density at radius 1 is 1.21 bits per heavy atom. The lowest BCUT2D eigenvalue weighted by Gasteiger charge is -2.42. The normalized spacial score (nSPS) is 31.5. The summed E-state index contributed by atoms with van der Waals surface area (Å²) < 4.78 is 59.8. The fraction of sp³-hybridized carbons (Fsp3) is 0.542. The largest absolute Gasteiger partial charge is 0.325 e. The van der Waals surface area contributed by atoms with Gasteiger partial charge in [-0.1, -0.05) is 55.5 Å². The Kier molecular flexibility index (Phi) is 6.85. The number of nitrogens with one attached hydrogen (secondary N) is 1. The van der Waals surface area contributed by atoms with Gasteiger partial charge in [0.25, 0.3) is 10.2 Å². The molecule has 7 nitrogen and oxygen atoms in total. The quantitative estimate of drug-likeness (QED) is 0.661. The number of allylic oxidation sites excluding steroid dienone is 4. The van der Waals surface area contributed by atoms with Gasteiger partial charge in [0.1, 0.15) is 12.3 Å². The monoisotopic (exact) mass is 494 g/mol. The minimum atomic E-state index is -3.97. The van der Waals surface area contributed by atoms with E-state index in [1.807, 2.05) is 30.3 Å². The Labute approximate surface area is 200 Å². The first-order valence-corrected chi connectivity index (χ1v) is 13.0. The van der Waals surface area contributed by atoms with Gasteiger partial charge in [-0.05, 0) is 24.0 Å². The van der Waals surface area contributed by atoms with Gasteiger partial charge in [0.15, 0.2) is 0 Å². The minimum absolute atomic E-state index is 0.0649. The Hall–Kier alpha value is -2.30. The van der Waals surface area contributed by atoms with Crippen molar-refractivity contribution in [2.75, 3.05) is 33.7 Å². The number of amides is 2. The molecule has 5 atom stereocenters. The molecule has 0 spiro atoms. The first-order chi connectivity index (χ1) is 16.0. The van der Waals surface area contributed by atoms with Gasteiger partial charge < -0.3 is 9.80 Å². The Bertz CT molecular complexity index is 1070. The van der Waals surface area contributed by atoms with Crippen molar-refractivity contribution in [2.45, 2.75) is 44.2 Å². The number of benzene rings is 1. The summed E-state index contributed by atoms with van der Waals surface area (Å²) in [6.45, 7) is 2.66. The van der Waals surface area contributed by atoms with Gasteiger partial charge in [0.2, 0.25) is 0 Å². The predicted octanol–water partition coefficient (Wildman–Crippen LogP) is 2.99. The van der Waals surface area contributed by atoms with Crippen molar-refractivity contribution < 1.29 is 22.0 Å². The molecule has 2 saturated heterocycles. The van der Waals surface area contributed by atoms with Gasteiger partial charge >= 0.3 is 6.03 Å². The number of rotatable bonds is 6. The number of alkyl halides is 2. The molecule has 2 unspecified atom stereocenters. The summed E-state index contributed by atoms with van der Waals surface area (Å²) in [5.74, 6) is 0. The Morgan fingerprint density at radius 2 is 1.88 bits per heavy atom. The summed E-state index contributed by atoms with van der Waals surface area (Å²) in [6, 6.07) is 6.84. The van der Waals surface area contributed by atoms with Crippen LogP contribution in [0.5, 0.6) is 0 Å². The first-order valence-electron chi connectivity index (χ1n) is 11.5. The van der Waals surface area contributed by atoms with Crippen molar-refractivity contribution in [3.05, 3.63) is 54.1 Å². The van der Waals surface area contributed by atoms with Gasteiger partial charge in [-0.2, -0.15) is 17.4 Å². The number of nitrogens with zero attached hydrogens (tertiary/aromatic N) is 3. The van der Waals surface area contributed by atoms with Crippen molar-refractivity contribution in [3.63, 3.8) is 0 Å². The zero-order valence-electron chi connectivity index (χ0n) is 19.7. The molecule has 10 heteroatoms. The number of carbonyl (C=O) groups is 1. The van der Waals surface area contributed by atoms with E-state index in [0.717, 1.165) is 16.3 Å². The standard InChI is InChI=1S/C24H32F2N4O3S/c1-24(12-7-11-18(22(24)26)17-9-5-4-6-10-17)15-20-21(27-34(32,33)28(2)3)19(25)16-30(20)23(31)29-13-8-14-29/h4-7,9-12,19-22,27H,8,13-16H2,1-3H3/t19-,20-,21-,22?,24?/m0/s1. The molecule has 3 aliphatic rings. The molecule has 1 aliphatic carbocycles. The van der Waals surface area contributed by atoms with Gasteiger partial charge in [-0.25, -0.2) is 13.6 Å². The summed E-state index contributed by atoms with van der Waals surface area (Å²) in [6.07, 6.45) is 3.16. The number of carbonyl (C=O) groups excluding carboxylic acids is 1. The molecule has 2 aliphatic heterocycles. The molecule has 0 radical (unpaired) electrons. The molecular formula is C24H32F2N4O3S. The average Bonchev–Trinajstić information content (AvgIpc) is 3.04. The highest BCUT2D eigenvalue weighted by Gasteiger charge is 2.51. The van der Waals surface area contributed by atoms with E-state index < -0.39 is 40.1 Å². The first kappa shape index (κ1) is 24.8. The second-order valence-electron chi connectivity index (χ2n) is 9.71. The van der Waals surface area contributed by atoms with Crippen molar-refractivity contribution in [3.8, 4) is 0 Å². The molecule has 186 valence electrons. The molecular weight excluding hydrogens is 462 g/mol. The van der Waals surface area contributed by atoms with Crippen molar-refractivity contribution in [2.24, 2.45) is 5.41 Å². The molecule has 0 aromatic heterocycles. The highest BCUT2D eigenvalue weighted by Crippen LogP contribution is 2.44. The molecule has 1 aromatic carbocycles. The summed E-state index contributed by atoms with van der Waals surface area (Å²) in [7, 11) is -1.27. The summed E-state index contributed by atoms with van der Waals surface area (Å²) in [4.78, 5) is 16.1. The van der Waals surface area contributed by atoms with E-state index >= 15 is 8.78 Å². The molecule has 2 heterocycles. The van der Waals surface area contributed by atoms with Crippen molar-refractivity contribution >= 4 is 21.8 Å². The lowest BCUT2D eigenvalue weighted by atomic mass is 9.72. The van der Waals surface area contributed by atoms with Crippen LogP contribution in [0.1, 0.15) is 25.3 Å². The lowest BCUT2D eigenvalue weighted by Crippen LogP contribution is -2.56. The number of hydrogen-bond donors (Lipinski definition) is 1. The van der Waals surface area contributed by atoms with Gasteiger partial charge in [-0.3, -0.25) is 0 Å². The third-order valence-electron chi connectivity index (χ3n) is 7.07. The second kappa shape index (κ2) is 9.39. The maximum Gasteiger partial charge on any atom is 0.320 e. The van der Waals surface area contributed by atoms with E-state index in [0.29, 0.717) is 18.7 Å². The van der Waals surface area contributed by atoms with E-state index in [2.05, 4.69) is 4.72 Å². The topological polar surface area (TPSA) is 73.0 Å². The number of likely N-dealkylation sites (tertiary alicyclic amines) is 2. The van der Waals surface area contributed by atoms with Crippen LogP contribution >= 0.6 is 0 Å². The van der Waals surface area contributed by atoms with Crippen molar-refractivity contribution in [1.82, 2.24) is 18.8 Å². The highest BCUT2D eigenvalue weighted by atomic mass is 32.2. The fourth-order valence-corrected chi connectivity index (χ4v) is 5.70. The van der Waals surface area contributed by atoms with Crippen LogP contribution in [0.3, 0.4) is 0 Å². The van der Waals surface area contributed by atoms with Crippen LogP contribution in [0.4, 0.5) is 13.6 Å². The van der Waals surface area contributed by atoms with Crippen LogP contribution in [0.2, 0.25) is 0 Å². The predicted molar refractivity (Wildman–Crippen MR) is 128 cm³/mol. The van der Waals surface area contributed by atoms with E-state index in [9.17, 15) is 13.2 Å². The number of hydrogen-bond acceptors (Lipinski definition) is 3. The molecule has 1 N–H and O–H groups in total. The van der Waals surface area contributed by atoms with E-state index in [-0.39, 0.29) is 19.0 Å². The molecule has 2 amide bonds. The number of urea groups is 1. The average molecular weight is 495 g/mol. The van der Waals surface area contributed by atoms with Crippen LogP contribution in [0.15, 0.2) is 48.6 Å². The summed E-state index contributed by atoms with van der Waals surface area (Å²) >= 11 is 0. The van der Waals surface area contributed by atoms with Crippen molar-refractivity contribution in [1.29, 1.82) is 0 Å². The summed E-state index contributed by atoms with van der Waals surface area (Å²) in [5, 5.41) is 0. The van der Waals surface area contributed by atoms with Crippen LogP contribution in [0, 0.1) is 5.41 Å². The van der Waals surface area contributed by atoms with E-state index in [1.165, 1.54) is 19.0 Å². The van der Waals surface area contributed by atoms with Gasteiger partial charge in [0, 0.05) is 32.6 Å². The zero-order chi connectivity index (χ0) is 24.7. The maximum absolute atomic E-state index is 16.0. The van der Waals surface area contributed by atoms with E-state index in [1.54, 1.807) is 30.1 Å². The van der Waals surface area contributed by atoms with Crippen LogP contribution in [-0.4, -0.2) is 86.7 Å². The van der Waals surface area contributed by atoms with Crippen LogP contribution in [-0.2, 0) is 10.2 Å². The highest BCUT2D eigenvalue weighted by molar-refractivity contribution is 7.87. The zero-order valence-corrected chi connectivity index (χ0v) is 20.5. The SMILES string of the molecule is CN(C)S(=O)(=O)N[C@H]1[C@@H](F)CN(C(=O)N2CCC2)[C@H]1CC1(C)C=CC=C(c2ccccc2)C1F. The smallest absolute Gasteiger partial charge is 0.320 e. The third kappa shape index (κ3) is 4.63. The molecule has 34 heavy (non-hydrogen) atoms. The Balaban J connectivity index is 1.65. The molecule has 1 aromatic rings. The lowest BCUT2D eigenvalue weighted by molar-refractivity contribution is 0.102. The molecule has 4 rings (SSSR count). The van der Waals surface area contributed by atoms with Gasteiger partial charge in [-0.15, -0.1) is 0 Å². The molecule has 2 fully saturated rings. The van der Waals surface area contributed by atoms with E-state index in [4.69, 9.17) is 0 Å². The second-order valence-corrected chi connectivity index (χ2v) is 11.6. The number of halogens is 2. The summed E-state index contributed by atoms with van der Waals surface area (Å²) in [5.41, 5.74) is 0.189. The molecule has 0 saturated carbocycles. The fourth-order valence-electron chi connectivity index (χ4n) is 4.84. The third-order valence-corrected chi connectivity index (χ3v) is 8.61. The van der Waals surface area contributed by atoms with Gasteiger partial charge in [0.05, 0.1) is 18.6 Å².